The fourth-order valence-corrected chi connectivity index (χ4v) is 3.47. The van der Waals surface area contributed by atoms with Gasteiger partial charge in [-0.2, -0.15) is 4.31 Å². The Morgan fingerprint density at radius 3 is 2.55 bits per heavy atom. The van der Waals surface area contributed by atoms with E-state index >= 15 is 0 Å². The van der Waals surface area contributed by atoms with E-state index in [-0.39, 0.29) is 11.0 Å². The zero-order chi connectivity index (χ0) is 14.8. The summed E-state index contributed by atoms with van der Waals surface area (Å²) in [6, 6.07) is 6.34. The first-order valence-electron chi connectivity index (χ1n) is 6.77. The highest BCUT2D eigenvalue weighted by atomic mass is 32.2. The average Bonchev–Trinajstić information content (AvgIpc) is 2.91. The van der Waals surface area contributed by atoms with Gasteiger partial charge in [0.15, 0.2) is 0 Å². The Morgan fingerprint density at radius 1 is 1.40 bits per heavy atom. The topological polar surface area (TPSA) is 66.8 Å². The molecule has 2 rings (SSSR count). The van der Waals surface area contributed by atoms with E-state index in [2.05, 4.69) is 0 Å². The van der Waals surface area contributed by atoms with Gasteiger partial charge in [0.05, 0.1) is 17.1 Å². The third-order valence-electron chi connectivity index (χ3n) is 3.56. The van der Waals surface area contributed by atoms with Crippen LogP contribution in [0.2, 0.25) is 0 Å². The van der Waals surface area contributed by atoms with Crippen LogP contribution in [-0.4, -0.2) is 44.1 Å². The number of likely N-dealkylation sites (N-methyl/N-ethyl adjacent to an activating group) is 1. The number of aliphatic hydroxyl groups excluding tert-OH is 1. The van der Waals surface area contributed by atoms with Gasteiger partial charge >= 0.3 is 0 Å². The summed E-state index contributed by atoms with van der Waals surface area (Å²) in [6.45, 7) is 2.73. The summed E-state index contributed by atoms with van der Waals surface area (Å²) >= 11 is 0. The molecule has 2 unspecified atom stereocenters. The van der Waals surface area contributed by atoms with E-state index < -0.39 is 16.1 Å². The summed E-state index contributed by atoms with van der Waals surface area (Å²) in [5.74, 6) is 0. The molecule has 0 aliphatic carbocycles. The summed E-state index contributed by atoms with van der Waals surface area (Å²) in [5.41, 5.74) is 0.700. The largest absolute Gasteiger partial charge is 0.389 e. The fraction of sp³-hybridized carbons (Fsp3) is 0.571. The van der Waals surface area contributed by atoms with Crippen LogP contribution in [0, 0.1) is 0 Å². The van der Waals surface area contributed by atoms with Gasteiger partial charge in [0.1, 0.15) is 0 Å². The predicted molar refractivity (Wildman–Crippen MR) is 75.9 cm³/mol. The first-order chi connectivity index (χ1) is 9.41. The molecular formula is C14H21NO4S. The van der Waals surface area contributed by atoms with Gasteiger partial charge < -0.3 is 9.84 Å². The monoisotopic (exact) mass is 299 g/mol. The van der Waals surface area contributed by atoms with Crippen molar-refractivity contribution in [2.75, 3.05) is 20.2 Å². The van der Waals surface area contributed by atoms with E-state index in [0.717, 1.165) is 12.8 Å². The van der Waals surface area contributed by atoms with Gasteiger partial charge in [-0.3, -0.25) is 0 Å². The Morgan fingerprint density at radius 2 is 2.05 bits per heavy atom. The molecule has 1 aromatic carbocycles. The molecule has 1 N–H and O–H groups in total. The van der Waals surface area contributed by atoms with Crippen LogP contribution < -0.4 is 0 Å². The van der Waals surface area contributed by atoms with Crippen LogP contribution in [0.3, 0.4) is 0 Å². The third-order valence-corrected chi connectivity index (χ3v) is 5.39. The van der Waals surface area contributed by atoms with Gasteiger partial charge in [-0.1, -0.05) is 12.1 Å². The smallest absolute Gasteiger partial charge is 0.242 e. The number of ether oxygens (including phenoxy) is 1. The van der Waals surface area contributed by atoms with Crippen molar-refractivity contribution in [1.29, 1.82) is 0 Å². The van der Waals surface area contributed by atoms with Crippen LogP contribution in [0.25, 0.3) is 0 Å². The third kappa shape index (κ3) is 3.38. The zero-order valence-corrected chi connectivity index (χ0v) is 12.6. The lowest BCUT2D eigenvalue weighted by molar-refractivity contribution is 0.0979. The molecule has 0 spiro atoms. The van der Waals surface area contributed by atoms with E-state index in [1.54, 1.807) is 26.1 Å². The average molecular weight is 299 g/mol. The minimum atomic E-state index is -3.50. The second-order valence-corrected chi connectivity index (χ2v) is 7.21. The molecule has 112 valence electrons. The highest BCUT2D eigenvalue weighted by Gasteiger charge is 2.26. The molecule has 1 aliphatic rings. The summed E-state index contributed by atoms with van der Waals surface area (Å²) in [6.07, 6.45) is 1.28. The van der Waals surface area contributed by atoms with Gasteiger partial charge in [-0.25, -0.2) is 8.42 Å². The minimum absolute atomic E-state index is 0.00786. The van der Waals surface area contributed by atoms with Gasteiger partial charge in [-0.15, -0.1) is 0 Å². The number of rotatable bonds is 5. The maximum Gasteiger partial charge on any atom is 0.242 e. The van der Waals surface area contributed by atoms with Crippen molar-refractivity contribution in [3.05, 3.63) is 29.8 Å². The van der Waals surface area contributed by atoms with Gasteiger partial charge in [-0.05, 0) is 37.5 Å². The molecule has 1 fully saturated rings. The molecule has 0 aromatic heterocycles. The standard InChI is InChI=1S/C14H21NO4S/c1-11(16)12-5-7-14(8-6-12)20(17,18)15(2)10-13-4-3-9-19-13/h5-8,11,13,16H,3-4,9-10H2,1-2H3. The van der Waals surface area contributed by atoms with Crippen LogP contribution in [-0.2, 0) is 14.8 Å². The number of aliphatic hydroxyl groups is 1. The second kappa shape index (κ2) is 6.22. The molecule has 1 aromatic rings. The van der Waals surface area contributed by atoms with Crippen LogP contribution >= 0.6 is 0 Å². The van der Waals surface area contributed by atoms with Crippen molar-refractivity contribution in [3.63, 3.8) is 0 Å². The molecule has 0 bridgehead atoms. The highest BCUT2D eigenvalue weighted by Crippen LogP contribution is 2.20. The van der Waals surface area contributed by atoms with Crippen molar-refractivity contribution in [1.82, 2.24) is 4.31 Å². The first kappa shape index (κ1) is 15.4. The lowest BCUT2D eigenvalue weighted by Crippen LogP contribution is -2.34. The number of hydrogen-bond donors (Lipinski definition) is 1. The van der Waals surface area contributed by atoms with E-state index in [9.17, 15) is 13.5 Å². The second-order valence-electron chi connectivity index (χ2n) is 5.17. The Bertz CT molecular complexity index is 533. The van der Waals surface area contributed by atoms with Gasteiger partial charge in [0, 0.05) is 20.2 Å². The summed E-state index contributed by atoms with van der Waals surface area (Å²) in [4.78, 5) is 0.238. The van der Waals surface area contributed by atoms with Crippen molar-refractivity contribution < 1.29 is 18.3 Å². The van der Waals surface area contributed by atoms with Crippen molar-refractivity contribution in [3.8, 4) is 0 Å². The van der Waals surface area contributed by atoms with Crippen molar-refractivity contribution >= 4 is 10.0 Å². The predicted octanol–water partition coefficient (Wildman–Crippen LogP) is 1.54. The number of hydrogen-bond acceptors (Lipinski definition) is 4. The van der Waals surface area contributed by atoms with E-state index in [0.29, 0.717) is 18.7 Å². The van der Waals surface area contributed by atoms with Crippen LogP contribution in [0.4, 0.5) is 0 Å². The zero-order valence-electron chi connectivity index (χ0n) is 11.8. The maximum atomic E-state index is 12.4. The Kier molecular flexibility index (Phi) is 4.80. The highest BCUT2D eigenvalue weighted by molar-refractivity contribution is 7.89. The molecule has 20 heavy (non-hydrogen) atoms. The van der Waals surface area contributed by atoms with Gasteiger partial charge in [0.2, 0.25) is 10.0 Å². The molecule has 1 heterocycles. The summed E-state index contributed by atoms with van der Waals surface area (Å²) in [7, 11) is -1.93. The SMILES string of the molecule is CC(O)c1ccc(S(=O)(=O)N(C)CC2CCCO2)cc1. The molecular weight excluding hydrogens is 278 g/mol. The molecule has 6 heteroatoms. The quantitative estimate of drug-likeness (QED) is 0.895. The van der Waals surface area contributed by atoms with E-state index in [4.69, 9.17) is 4.74 Å². The summed E-state index contributed by atoms with van der Waals surface area (Å²) in [5, 5.41) is 9.44. The Balaban J connectivity index is 2.11. The van der Waals surface area contributed by atoms with Crippen molar-refractivity contribution in [2.45, 2.75) is 36.9 Å². The van der Waals surface area contributed by atoms with Crippen LogP contribution in [0.5, 0.6) is 0 Å². The lowest BCUT2D eigenvalue weighted by atomic mass is 10.1. The Labute approximate surface area is 120 Å². The molecule has 0 amide bonds. The molecule has 2 atom stereocenters. The van der Waals surface area contributed by atoms with E-state index in [1.807, 2.05) is 0 Å². The fourth-order valence-electron chi connectivity index (χ4n) is 2.27. The molecule has 1 saturated heterocycles. The number of nitrogens with zero attached hydrogens (tertiary/aromatic N) is 1. The van der Waals surface area contributed by atoms with Gasteiger partial charge in [0.25, 0.3) is 0 Å². The maximum absolute atomic E-state index is 12.4. The number of sulfonamides is 1. The normalized spacial score (nSPS) is 21.3. The Hall–Kier alpha value is -0.950. The molecule has 5 nitrogen and oxygen atoms in total. The first-order valence-corrected chi connectivity index (χ1v) is 8.21. The molecule has 0 radical (unpaired) electrons. The molecule has 1 aliphatic heterocycles. The number of benzene rings is 1. The van der Waals surface area contributed by atoms with Crippen LogP contribution in [0.15, 0.2) is 29.2 Å². The molecule has 0 saturated carbocycles. The minimum Gasteiger partial charge on any atom is -0.389 e. The lowest BCUT2D eigenvalue weighted by Gasteiger charge is -2.20. The van der Waals surface area contributed by atoms with Crippen molar-refractivity contribution in [2.24, 2.45) is 0 Å². The van der Waals surface area contributed by atoms with Crippen LogP contribution in [0.1, 0.15) is 31.4 Å². The van der Waals surface area contributed by atoms with E-state index in [1.165, 1.54) is 16.4 Å². The summed E-state index contributed by atoms with van der Waals surface area (Å²) < 4.78 is 31.6.